The fraction of sp³-hybridized carbons (Fsp3) is 0.619. The Morgan fingerprint density at radius 3 is 1.37 bits per heavy atom. The number of nitrogens with zero attached hydrogens (tertiary/aromatic N) is 4. The number of aliphatic carboxylic acids is 3. The van der Waals surface area contributed by atoms with E-state index in [0.29, 0.717) is 0 Å². The van der Waals surface area contributed by atoms with Gasteiger partial charge in [-0.15, -0.1) is 0 Å². The van der Waals surface area contributed by atoms with Gasteiger partial charge in [-0.05, 0) is 89.5 Å². The molecule has 48 nitrogen and oxygen atoms in total. The maximum absolute atomic E-state index is 14.6. The summed E-state index contributed by atoms with van der Waals surface area (Å²) in [4.78, 5) is 267. The summed E-state index contributed by atoms with van der Waals surface area (Å²) in [6, 6.07) is -20.3. The summed E-state index contributed by atoms with van der Waals surface area (Å²) in [7, 11) is 0. The Labute approximate surface area is 634 Å². The Balaban J connectivity index is 2.48. The van der Waals surface area contributed by atoms with Crippen LogP contribution in [0.4, 0.5) is 0 Å². The van der Waals surface area contributed by atoms with Gasteiger partial charge in [-0.1, -0.05) is 13.8 Å². The highest BCUT2D eigenvalue weighted by Crippen LogP contribution is 2.21. The van der Waals surface area contributed by atoms with Gasteiger partial charge in [0.15, 0.2) is 11.9 Å². The highest BCUT2D eigenvalue weighted by atomic mass is 16.4. The van der Waals surface area contributed by atoms with Crippen molar-refractivity contribution >= 4 is 124 Å². The number of rotatable bonds is 54. The summed E-state index contributed by atoms with van der Waals surface area (Å²) in [6.45, 7) is 2.01. The molecule has 0 spiro atoms. The molecule has 1 aliphatic heterocycles. The summed E-state index contributed by atoms with van der Waals surface area (Å²) >= 11 is 0. The maximum Gasteiger partial charge on any atom is 0.326 e. The smallest absolute Gasteiger partial charge is 0.326 e. The van der Waals surface area contributed by atoms with Gasteiger partial charge in [-0.2, -0.15) is 0 Å². The van der Waals surface area contributed by atoms with Crippen molar-refractivity contribution in [1.82, 2.24) is 73.4 Å². The number of hydrogen-bond donors (Lipinski definition) is 25. The minimum atomic E-state index is -1.93. The quantitative estimate of drug-likeness (QED) is 0.0164. The number of aromatic amines is 1. The number of imidazole rings is 1. The highest BCUT2D eigenvalue weighted by molar-refractivity contribution is 6.02. The minimum Gasteiger partial charge on any atom is -0.481 e. The van der Waals surface area contributed by atoms with Gasteiger partial charge in [0.05, 0.1) is 44.6 Å². The largest absolute Gasteiger partial charge is 0.481 e. The van der Waals surface area contributed by atoms with Crippen molar-refractivity contribution in [1.29, 1.82) is 0 Å². The van der Waals surface area contributed by atoms with Gasteiger partial charge in [-0.3, -0.25) is 96.3 Å². The summed E-state index contributed by atoms with van der Waals surface area (Å²) in [5.41, 5.74) is 55.0. The number of aliphatic imine (C=N–C) groups is 2. The van der Waals surface area contributed by atoms with Gasteiger partial charge >= 0.3 is 17.9 Å². The van der Waals surface area contributed by atoms with Crippen LogP contribution in [0.3, 0.4) is 0 Å². The van der Waals surface area contributed by atoms with Crippen LogP contribution in [0.25, 0.3) is 0 Å². The average molecular weight is 1580 g/mol. The van der Waals surface area contributed by atoms with E-state index >= 15 is 0 Å². The molecule has 0 aromatic carbocycles. The number of carbonyl (C=O) groups is 19. The molecular weight excluding hydrogens is 1470 g/mol. The molecule has 1 fully saturated rings. The number of unbranched alkanes of at least 4 members (excludes halogenated alkanes) is 1. The number of nitrogens with one attached hydrogen (secondary N) is 12. The second-order valence-electron chi connectivity index (χ2n) is 26.2. The van der Waals surface area contributed by atoms with Gasteiger partial charge in [0.1, 0.15) is 66.5 Å². The predicted molar refractivity (Wildman–Crippen MR) is 386 cm³/mol. The zero-order valence-corrected chi connectivity index (χ0v) is 61.3. The van der Waals surface area contributed by atoms with E-state index in [0.717, 1.165) is 4.90 Å². The lowest BCUT2D eigenvalue weighted by molar-refractivity contribution is -0.143. The number of nitrogens with two attached hydrogens (primary N) is 10. The Morgan fingerprint density at radius 1 is 0.495 bits per heavy atom. The zero-order chi connectivity index (χ0) is 83.8. The standard InChI is InChI=1S/C63H104N26O22/c1-29(2)20-36(55(104)83-35(61(110)111)10-6-18-76-63(72)73)85-58(107)40(24-45(68)92)87-54(103)34(13-15-49(97)98)82-52(101)33(9-5-17-75-62(70)71)81-56(105)37(21-30-26-74-28-78-30)88-59(108)42-11-7-19-89(42)60(109)41(25-46(69)93)79-47(94)27-77-51(100)38(22-43(66)90)86-53(102)32(8-3-4-16-64)80-57(106)39(23-44(67)91)84-50(99)31(65)12-14-48(95)96/h26,28-29,31-42H,3-25,27,64-65H2,1-2H3,(H2,66,90)(H2,67,91)(H2,68,92)(H2,69,93)(H,74,78)(H,77,100)(H,79,94)(H,80,106)(H,81,105)(H,82,101)(H,83,104)(H,84,99)(H,85,107)(H,86,102)(H,87,103)(H,88,108)(H,95,96)(H,97,98)(H,110,111)(H4,70,71,75)(H4,72,73,76)/t31-,32-,33-,34-,35-,36-,37-,38-,39-,40-,41-,42-/m0/s1. The molecule has 0 saturated carbocycles. The van der Waals surface area contributed by atoms with E-state index in [1.807, 2.05) is 0 Å². The molecule has 0 unspecified atom stereocenters. The van der Waals surface area contributed by atoms with Gasteiger partial charge in [0.2, 0.25) is 94.5 Å². The first kappa shape index (κ1) is 94.7. The average Bonchev–Trinajstić information content (AvgIpc) is 1.73. The molecule has 0 aliphatic carbocycles. The maximum atomic E-state index is 14.6. The molecule has 2 rings (SSSR count). The first-order chi connectivity index (χ1) is 52.1. The van der Waals surface area contributed by atoms with Crippen molar-refractivity contribution in [2.24, 2.45) is 73.2 Å². The van der Waals surface area contributed by atoms with Crippen LogP contribution in [0, 0.1) is 5.92 Å². The van der Waals surface area contributed by atoms with Crippen LogP contribution >= 0.6 is 0 Å². The van der Waals surface area contributed by atoms with Crippen LogP contribution < -0.4 is 116 Å². The van der Waals surface area contributed by atoms with Crippen LogP contribution in [-0.4, -0.2) is 260 Å². The molecule has 48 heteroatoms. The lowest BCUT2D eigenvalue weighted by Gasteiger charge is -2.30. The van der Waals surface area contributed by atoms with Gasteiger partial charge in [-0.25, -0.2) is 9.78 Å². The van der Waals surface area contributed by atoms with Gasteiger partial charge < -0.3 is 141 Å². The van der Waals surface area contributed by atoms with E-state index in [4.69, 9.17) is 62.4 Å². The number of hydrogen-bond acceptors (Lipinski definition) is 24. The molecule has 111 heavy (non-hydrogen) atoms. The monoisotopic (exact) mass is 1580 g/mol. The number of carboxylic acids is 3. The molecule has 1 aromatic heterocycles. The minimum absolute atomic E-state index is 0.0106. The normalized spacial score (nSPS) is 15.3. The number of carboxylic acid groups (broad SMARTS) is 3. The predicted octanol–water partition coefficient (Wildman–Crippen LogP) is -12.2. The number of guanidine groups is 2. The molecule has 12 atom stereocenters. The van der Waals surface area contributed by atoms with Crippen molar-refractivity contribution in [2.45, 2.75) is 208 Å². The fourth-order valence-corrected chi connectivity index (χ4v) is 10.9. The molecule has 16 amide bonds. The molecule has 1 aromatic rings. The van der Waals surface area contributed by atoms with Crippen LogP contribution in [0.5, 0.6) is 0 Å². The van der Waals surface area contributed by atoms with E-state index in [1.54, 1.807) is 13.8 Å². The zero-order valence-electron chi connectivity index (χ0n) is 61.3. The number of H-pyrrole nitrogens is 1. The van der Waals surface area contributed by atoms with Crippen molar-refractivity contribution < 1.29 is 106 Å². The molecule has 35 N–H and O–H groups in total. The summed E-state index contributed by atoms with van der Waals surface area (Å²) < 4.78 is 0. The lowest BCUT2D eigenvalue weighted by atomic mass is 10.0. The third-order valence-corrected chi connectivity index (χ3v) is 16.4. The summed E-state index contributed by atoms with van der Waals surface area (Å²) in [5.74, 6) is -23.5. The Kier molecular flexibility index (Phi) is 41.6. The molecule has 0 radical (unpaired) electrons. The molecular formula is C63H104N26O22. The van der Waals surface area contributed by atoms with Gasteiger partial charge in [0, 0.05) is 50.8 Å². The van der Waals surface area contributed by atoms with E-state index in [2.05, 4.69) is 78.4 Å². The Hall–Kier alpha value is -12.4. The van der Waals surface area contributed by atoms with Crippen molar-refractivity contribution in [3.05, 3.63) is 18.2 Å². The topological polar surface area (TPSA) is 834 Å². The van der Waals surface area contributed by atoms with E-state index < -0.39 is 243 Å². The number of aromatic nitrogens is 2. The number of carbonyl (C=O) groups excluding carboxylic acids is 16. The summed E-state index contributed by atoms with van der Waals surface area (Å²) in [5, 5.41) is 54.1. The molecule has 1 aliphatic rings. The van der Waals surface area contributed by atoms with Gasteiger partial charge in [0.25, 0.3) is 0 Å². The lowest BCUT2D eigenvalue weighted by Crippen LogP contribution is -2.61. The highest BCUT2D eigenvalue weighted by Gasteiger charge is 2.42. The molecule has 2 heterocycles. The van der Waals surface area contributed by atoms with Crippen LogP contribution in [0.1, 0.15) is 135 Å². The van der Waals surface area contributed by atoms with Crippen molar-refractivity contribution in [2.75, 3.05) is 32.7 Å². The SMILES string of the molecule is CC(C)C[C@H](NC(=O)[C@H](CC(N)=O)NC(=O)[C@H](CCC(=O)O)NC(=O)[C@H](CCCN=C(N)N)NC(=O)[C@H](Cc1cnc[nH]1)NC(=O)[C@@H]1CCCN1C(=O)[C@H](CC(N)=O)NC(=O)CNC(=O)[C@H](CC(N)=O)NC(=O)[C@H](CCCCN)NC(=O)[C@H](CC(N)=O)NC(=O)[C@@H](N)CCC(=O)O)C(=O)N[C@@H](CCCN=C(N)N)C(=O)O. The Bertz CT molecular complexity index is 3520. The van der Waals surface area contributed by atoms with Crippen LogP contribution in [0.2, 0.25) is 0 Å². The molecule has 0 bridgehead atoms. The number of amides is 16. The second kappa shape index (κ2) is 48.8. The third-order valence-electron chi connectivity index (χ3n) is 16.4. The molecule has 1 saturated heterocycles. The van der Waals surface area contributed by atoms with Crippen LogP contribution in [0.15, 0.2) is 22.5 Å². The first-order valence-electron chi connectivity index (χ1n) is 35.1. The van der Waals surface area contributed by atoms with E-state index in [1.165, 1.54) is 12.5 Å². The van der Waals surface area contributed by atoms with E-state index in [9.17, 15) is 101 Å². The van der Waals surface area contributed by atoms with E-state index in [-0.39, 0.29) is 120 Å². The first-order valence-corrected chi connectivity index (χ1v) is 35.1. The summed E-state index contributed by atoms with van der Waals surface area (Å²) in [6.07, 6.45) is -4.37. The molecule has 618 valence electrons. The fourth-order valence-electron chi connectivity index (χ4n) is 10.9. The second-order valence-corrected chi connectivity index (χ2v) is 26.2. The van der Waals surface area contributed by atoms with Crippen molar-refractivity contribution in [3.8, 4) is 0 Å². The number of likely N-dealkylation sites (tertiary alicyclic amines) is 1. The number of primary amides is 4. The van der Waals surface area contributed by atoms with Crippen LogP contribution in [-0.2, 0) is 97.5 Å². The Morgan fingerprint density at radius 2 is 0.910 bits per heavy atom. The third kappa shape index (κ3) is 37.3. The van der Waals surface area contributed by atoms with Crippen molar-refractivity contribution in [3.63, 3.8) is 0 Å².